The highest BCUT2D eigenvalue weighted by Gasteiger charge is 2.20. The Morgan fingerprint density at radius 1 is 1.12 bits per heavy atom. The maximum absolute atomic E-state index is 11.6. The molecule has 0 atom stereocenters. The molecule has 1 rings (SSSR count). The first-order valence-corrected chi connectivity index (χ1v) is 5.03. The van der Waals surface area contributed by atoms with Gasteiger partial charge in [-0.3, -0.25) is 4.89 Å². The van der Waals surface area contributed by atoms with E-state index in [0.29, 0.717) is 0 Å². The van der Waals surface area contributed by atoms with Gasteiger partial charge >= 0.3 is 11.9 Å². The Labute approximate surface area is 98.9 Å². The van der Waals surface area contributed by atoms with Crippen LogP contribution in [0.4, 0.5) is 0 Å². The number of benzene rings is 1. The molecule has 0 heterocycles. The van der Waals surface area contributed by atoms with Gasteiger partial charge in [0, 0.05) is 0 Å². The van der Waals surface area contributed by atoms with E-state index in [4.69, 9.17) is 9.99 Å². The van der Waals surface area contributed by atoms with Crippen LogP contribution in [0.5, 0.6) is 0 Å². The molecule has 0 aromatic heterocycles. The Morgan fingerprint density at radius 3 is 2.12 bits per heavy atom. The van der Waals surface area contributed by atoms with Gasteiger partial charge in [-0.25, -0.2) is 9.59 Å². The molecule has 92 valence electrons. The Hall–Kier alpha value is -1.88. The van der Waals surface area contributed by atoms with Gasteiger partial charge in [-0.15, -0.1) is 0 Å². The van der Waals surface area contributed by atoms with Crippen molar-refractivity contribution in [2.45, 2.75) is 26.4 Å². The molecule has 0 fully saturated rings. The number of aromatic carboxylic acids is 1. The second-order valence-corrected chi connectivity index (χ2v) is 4.42. The van der Waals surface area contributed by atoms with Crippen molar-refractivity contribution < 1.29 is 24.5 Å². The summed E-state index contributed by atoms with van der Waals surface area (Å²) in [5.41, 5.74) is -0.798. The number of carboxylic acids is 1. The fourth-order valence-electron chi connectivity index (χ4n) is 1.06. The molecule has 0 aliphatic heterocycles. The second-order valence-electron chi connectivity index (χ2n) is 4.42. The van der Waals surface area contributed by atoms with E-state index < -0.39 is 17.5 Å². The van der Waals surface area contributed by atoms with Crippen LogP contribution in [0, 0.1) is 0 Å². The maximum Gasteiger partial charge on any atom is 0.373 e. The molecule has 0 radical (unpaired) electrons. The lowest BCUT2D eigenvalue weighted by molar-refractivity contribution is -0.301. The molecule has 1 N–H and O–H groups in total. The molecule has 0 aliphatic rings. The summed E-state index contributed by atoms with van der Waals surface area (Å²) in [6.07, 6.45) is 0. The molecule has 1 aromatic rings. The van der Waals surface area contributed by atoms with Gasteiger partial charge in [0.25, 0.3) is 0 Å². The summed E-state index contributed by atoms with van der Waals surface area (Å²) in [6.45, 7) is 5.14. The Bertz CT molecular complexity index is 431. The topological polar surface area (TPSA) is 72.8 Å². The van der Waals surface area contributed by atoms with E-state index in [1.165, 1.54) is 18.2 Å². The third kappa shape index (κ3) is 3.88. The summed E-state index contributed by atoms with van der Waals surface area (Å²) in [4.78, 5) is 31.9. The zero-order chi connectivity index (χ0) is 13.1. The van der Waals surface area contributed by atoms with Crippen LogP contribution in [-0.2, 0) is 9.78 Å². The molecule has 0 amide bonds. The highest BCUT2D eigenvalue weighted by Crippen LogP contribution is 2.13. The van der Waals surface area contributed by atoms with Crippen molar-refractivity contribution in [1.29, 1.82) is 0 Å². The van der Waals surface area contributed by atoms with Crippen molar-refractivity contribution in [3.8, 4) is 0 Å². The van der Waals surface area contributed by atoms with E-state index in [-0.39, 0.29) is 11.1 Å². The molecule has 0 bridgehead atoms. The van der Waals surface area contributed by atoms with Gasteiger partial charge in [0.1, 0.15) is 5.60 Å². The molecule has 0 saturated carbocycles. The maximum atomic E-state index is 11.6. The first-order valence-electron chi connectivity index (χ1n) is 5.03. The normalized spacial score (nSPS) is 11.0. The predicted molar refractivity (Wildman–Crippen MR) is 59.7 cm³/mol. The Balaban J connectivity index is 2.86. The smallest absolute Gasteiger partial charge is 0.373 e. The zero-order valence-electron chi connectivity index (χ0n) is 9.89. The zero-order valence-corrected chi connectivity index (χ0v) is 9.89. The highest BCUT2D eigenvalue weighted by molar-refractivity contribution is 6.02. The largest absolute Gasteiger partial charge is 0.478 e. The van der Waals surface area contributed by atoms with Crippen molar-refractivity contribution >= 4 is 11.9 Å². The van der Waals surface area contributed by atoms with Crippen LogP contribution >= 0.6 is 0 Å². The minimum Gasteiger partial charge on any atom is -0.478 e. The van der Waals surface area contributed by atoms with Crippen molar-refractivity contribution in [2.24, 2.45) is 0 Å². The molecule has 0 spiro atoms. The molecule has 17 heavy (non-hydrogen) atoms. The monoisotopic (exact) mass is 238 g/mol. The van der Waals surface area contributed by atoms with Gasteiger partial charge in [0.05, 0.1) is 11.1 Å². The van der Waals surface area contributed by atoms with Crippen molar-refractivity contribution in [3.63, 3.8) is 0 Å². The van der Waals surface area contributed by atoms with Crippen LogP contribution in [0.25, 0.3) is 0 Å². The number of hydrogen-bond acceptors (Lipinski definition) is 4. The second kappa shape index (κ2) is 4.97. The van der Waals surface area contributed by atoms with Crippen molar-refractivity contribution in [3.05, 3.63) is 35.4 Å². The summed E-state index contributed by atoms with van der Waals surface area (Å²) in [5.74, 6) is -2.01. The lowest BCUT2D eigenvalue weighted by Crippen LogP contribution is -2.22. The van der Waals surface area contributed by atoms with Crippen molar-refractivity contribution in [1.82, 2.24) is 0 Å². The molecule has 5 nitrogen and oxygen atoms in total. The fourth-order valence-corrected chi connectivity index (χ4v) is 1.06. The average Bonchev–Trinajstić information content (AvgIpc) is 2.25. The van der Waals surface area contributed by atoms with E-state index in [1.54, 1.807) is 26.8 Å². The summed E-state index contributed by atoms with van der Waals surface area (Å²) in [7, 11) is 0. The number of rotatable bonds is 3. The van der Waals surface area contributed by atoms with Crippen molar-refractivity contribution in [2.75, 3.05) is 0 Å². The summed E-state index contributed by atoms with van der Waals surface area (Å²) >= 11 is 0. The quantitative estimate of drug-likeness (QED) is 0.646. The van der Waals surface area contributed by atoms with Gasteiger partial charge in [-0.2, -0.15) is 4.89 Å². The molecule has 0 aliphatic carbocycles. The van der Waals surface area contributed by atoms with E-state index in [2.05, 4.69) is 4.89 Å². The van der Waals surface area contributed by atoms with Crippen LogP contribution in [0.2, 0.25) is 0 Å². The fraction of sp³-hybridized carbons (Fsp3) is 0.333. The van der Waals surface area contributed by atoms with Crippen LogP contribution < -0.4 is 0 Å². The molecular weight excluding hydrogens is 224 g/mol. The SMILES string of the molecule is CC(C)(C)OOC(=O)c1ccccc1C(=O)O. The molecule has 1 aromatic carbocycles. The van der Waals surface area contributed by atoms with Crippen LogP contribution in [-0.4, -0.2) is 22.6 Å². The predicted octanol–water partition coefficient (Wildman–Crippen LogP) is 2.27. The summed E-state index contributed by atoms with van der Waals surface area (Å²) in [5, 5.41) is 8.89. The third-order valence-corrected chi connectivity index (χ3v) is 1.74. The average molecular weight is 238 g/mol. The lowest BCUT2D eigenvalue weighted by atomic mass is 10.1. The van der Waals surface area contributed by atoms with Gasteiger partial charge < -0.3 is 5.11 Å². The standard InChI is InChI=1S/C12H14O5/c1-12(2,3)17-16-11(15)9-7-5-4-6-8(9)10(13)14/h4-7H,1-3H3,(H,13,14). The van der Waals surface area contributed by atoms with Gasteiger partial charge in [-0.05, 0) is 32.9 Å². The number of carbonyl (C=O) groups excluding carboxylic acids is 1. The van der Waals surface area contributed by atoms with E-state index in [0.717, 1.165) is 0 Å². The third-order valence-electron chi connectivity index (χ3n) is 1.74. The minimum absolute atomic E-state index is 0.0377. The minimum atomic E-state index is -1.19. The van der Waals surface area contributed by atoms with Crippen LogP contribution in [0.15, 0.2) is 24.3 Å². The first-order chi connectivity index (χ1) is 7.81. The summed E-state index contributed by atoms with van der Waals surface area (Å²) in [6, 6.07) is 5.79. The molecule has 0 unspecified atom stereocenters. The van der Waals surface area contributed by atoms with E-state index in [1.807, 2.05) is 0 Å². The van der Waals surface area contributed by atoms with E-state index in [9.17, 15) is 9.59 Å². The summed E-state index contributed by atoms with van der Waals surface area (Å²) < 4.78 is 0. The van der Waals surface area contributed by atoms with Crippen LogP contribution in [0.3, 0.4) is 0 Å². The van der Waals surface area contributed by atoms with E-state index >= 15 is 0 Å². The Morgan fingerprint density at radius 2 is 1.65 bits per heavy atom. The van der Waals surface area contributed by atoms with Gasteiger partial charge in [-0.1, -0.05) is 12.1 Å². The molecule has 5 heteroatoms. The van der Waals surface area contributed by atoms with Crippen LogP contribution in [0.1, 0.15) is 41.5 Å². The number of hydrogen-bond donors (Lipinski definition) is 1. The number of carboxylic acid groups (broad SMARTS) is 1. The molecule has 0 saturated heterocycles. The lowest BCUT2D eigenvalue weighted by Gasteiger charge is -2.16. The highest BCUT2D eigenvalue weighted by atomic mass is 17.2. The molecular formula is C12H14O5. The van der Waals surface area contributed by atoms with Gasteiger partial charge in [0.2, 0.25) is 0 Å². The number of carbonyl (C=O) groups is 2. The Kier molecular flexibility index (Phi) is 3.85. The van der Waals surface area contributed by atoms with Gasteiger partial charge in [0.15, 0.2) is 0 Å². The first kappa shape index (κ1) is 13.2.